The molecule has 1 aliphatic rings. The summed E-state index contributed by atoms with van der Waals surface area (Å²) in [6, 6.07) is 10.6. The van der Waals surface area contributed by atoms with E-state index in [9.17, 15) is 14.4 Å². The lowest BCUT2D eigenvalue weighted by Gasteiger charge is -2.25. The Labute approximate surface area is 158 Å². The highest BCUT2D eigenvalue weighted by molar-refractivity contribution is 7.10. The van der Waals surface area contributed by atoms with Crippen LogP contribution in [-0.2, 0) is 19.1 Å². The topological polar surface area (TPSA) is 103 Å². The monoisotopic (exact) mass is 388 g/mol. The van der Waals surface area contributed by atoms with Crippen molar-refractivity contribution in [3.8, 4) is 11.5 Å². The Morgan fingerprint density at radius 1 is 1.15 bits per heavy atom. The molecule has 3 rings (SSSR count). The van der Waals surface area contributed by atoms with Crippen molar-refractivity contribution in [2.75, 3.05) is 13.2 Å². The number of thiophene rings is 1. The second-order valence-electron chi connectivity index (χ2n) is 5.36. The first-order chi connectivity index (χ1) is 13.1. The number of benzene rings is 1. The largest absolute Gasteiger partial charge is 0.485 e. The molecule has 0 unspecified atom stereocenters. The zero-order valence-corrected chi connectivity index (χ0v) is 14.9. The van der Waals surface area contributed by atoms with E-state index in [1.807, 2.05) is 17.5 Å². The van der Waals surface area contributed by atoms with Gasteiger partial charge in [-0.3, -0.25) is 20.4 Å². The number of hydrazine groups is 1. The van der Waals surface area contributed by atoms with Crippen molar-refractivity contribution in [1.82, 2.24) is 10.9 Å². The molecular weight excluding hydrogens is 372 g/mol. The van der Waals surface area contributed by atoms with Crippen molar-refractivity contribution in [2.24, 2.45) is 0 Å². The van der Waals surface area contributed by atoms with Crippen molar-refractivity contribution in [3.05, 3.63) is 52.7 Å². The molecule has 140 valence electrons. The molecule has 27 heavy (non-hydrogen) atoms. The van der Waals surface area contributed by atoms with Crippen molar-refractivity contribution in [1.29, 1.82) is 0 Å². The maximum Gasteiger partial charge on any atom is 0.331 e. The Hall–Kier alpha value is -3.33. The fourth-order valence-electron chi connectivity index (χ4n) is 2.12. The van der Waals surface area contributed by atoms with E-state index in [1.165, 1.54) is 17.4 Å². The Kier molecular flexibility index (Phi) is 6.06. The van der Waals surface area contributed by atoms with Gasteiger partial charge in [-0.25, -0.2) is 4.79 Å². The van der Waals surface area contributed by atoms with E-state index in [4.69, 9.17) is 14.2 Å². The van der Waals surface area contributed by atoms with E-state index in [-0.39, 0.29) is 6.61 Å². The fourth-order valence-corrected chi connectivity index (χ4v) is 2.74. The molecule has 0 spiro atoms. The summed E-state index contributed by atoms with van der Waals surface area (Å²) in [7, 11) is 0. The molecule has 2 amide bonds. The number of carbonyl (C=O) groups is 3. The molecule has 2 N–H and O–H groups in total. The molecule has 0 radical (unpaired) electrons. The van der Waals surface area contributed by atoms with Crippen LogP contribution >= 0.6 is 11.3 Å². The molecule has 1 aromatic heterocycles. The summed E-state index contributed by atoms with van der Waals surface area (Å²) in [6.45, 7) is -0.514. The number of nitrogens with one attached hydrogen (secondary N) is 2. The van der Waals surface area contributed by atoms with E-state index in [1.54, 1.807) is 30.3 Å². The minimum Gasteiger partial charge on any atom is -0.485 e. The molecule has 0 aliphatic carbocycles. The standard InChI is InChI=1S/C18H16N2O6S/c21-16(11-25-17(22)8-7-12-4-3-9-27-12)19-20-18(23)15-10-24-13-5-1-2-6-14(13)26-15/h1-9,15H,10-11H2,(H,19,21)(H,20,23)/b8-7+/t15-/m1/s1. The summed E-state index contributed by atoms with van der Waals surface area (Å²) in [4.78, 5) is 36.1. The molecular formula is C18H16N2O6S. The SMILES string of the molecule is O=C(COC(=O)/C=C/c1cccs1)NNC(=O)[C@H]1COc2ccccc2O1. The number of amides is 2. The van der Waals surface area contributed by atoms with Gasteiger partial charge in [-0.15, -0.1) is 11.3 Å². The molecule has 1 aliphatic heterocycles. The quantitative estimate of drug-likeness (QED) is 0.455. The lowest BCUT2D eigenvalue weighted by Crippen LogP contribution is -2.51. The Bertz CT molecular complexity index is 849. The van der Waals surface area contributed by atoms with Crippen molar-refractivity contribution < 1.29 is 28.6 Å². The maximum absolute atomic E-state index is 12.0. The molecule has 9 heteroatoms. The zero-order chi connectivity index (χ0) is 19.1. The number of ether oxygens (including phenoxy) is 3. The van der Waals surface area contributed by atoms with Crippen LogP contribution in [0.15, 0.2) is 47.9 Å². The highest BCUT2D eigenvalue weighted by atomic mass is 32.1. The zero-order valence-electron chi connectivity index (χ0n) is 14.0. The maximum atomic E-state index is 12.0. The van der Waals surface area contributed by atoms with Gasteiger partial charge in [-0.1, -0.05) is 18.2 Å². The van der Waals surface area contributed by atoms with E-state index in [0.717, 1.165) is 4.88 Å². The molecule has 2 aromatic rings. The normalized spacial score (nSPS) is 15.2. The van der Waals surface area contributed by atoms with Gasteiger partial charge in [0.05, 0.1) is 0 Å². The second-order valence-corrected chi connectivity index (χ2v) is 6.34. The summed E-state index contributed by atoms with van der Waals surface area (Å²) in [5.74, 6) is -0.930. The van der Waals surface area contributed by atoms with E-state index < -0.39 is 30.5 Å². The predicted molar refractivity (Wildman–Crippen MR) is 97.0 cm³/mol. The number of rotatable bonds is 5. The molecule has 8 nitrogen and oxygen atoms in total. The summed E-state index contributed by atoms with van der Waals surface area (Å²) >= 11 is 1.47. The van der Waals surface area contributed by atoms with Gasteiger partial charge >= 0.3 is 5.97 Å². The molecule has 0 bridgehead atoms. The van der Waals surface area contributed by atoms with E-state index in [2.05, 4.69) is 10.9 Å². The number of esters is 1. The van der Waals surface area contributed by atoms with Crippen LogP contribution < -0.4 is 20.3 Å². The number of hydrogen-bond acceptors (Lipinski definition) is 7. The summed E-state index contributed by atoms with van der Waals surface area (Å²) in [5.41, 5.74) is 4.37. The molecule has 1 aromatic carbocycles. The third-order valence-electron chi connectivity index (χ3n) is 3.40. The van der Waals surface area contributed by atoms with Gasteiger partial charge in [0.2, 0.25) is 6.10 Å². The van der Waals surface area contributed by atoms with Crippen LogP contribution in [0.25, 0.3) is 6.08 Å². The molecule has 2 heterocycles. The highest BCUT2D eigenvalue weighted by Crippen LogP contribution is 2.30. The van der Waals surface area contributed by atoms with Crippen LogP contribution in [0.2, 0.25) is 0 Å². The van der Waals surface area contributed by atoms with Gasteiger partial charge in [-0.2, -0.15) is 0 Å². The van der Waals surface area contributed by atoms with Gasteiger partial charge in [0, 0.05) is 11.0 Å². The number of hydrogen-bond donors (Lipinski definition) is 2. The van der Waals surface area contributed by atoms with Crippen LogP contribution in [0.1, 0.15) is 4.88 Å². The number of fused-ring (bicyclic) bond motifs is 1. The lowest BCUT2D eigenvalue weighted by molar-refractivity contribution is -0.145. The van der Waals surface area contributed by atoms with Crippen LogP contribution in [0.3, 0.4) is 0 Å². The van der Waals surface area contributed by atoms with Gasteiger partial charge in [0.1, 0.15) is 6.61 Å². The summed E-state index contributed by atoms with van der Waals surface area (Å²) in [6.07, 6.45) is 1.91. The predicted octanol–water partition coefficient (Wildman–Crippen LogP) is 1.29. The summed E-state index contributed by atoms with van der Waals surface area (Å²) < 4.78 is 15.7. The van der Waals surface area contributed by atoms with Gasteiger partial charge in [0.15, 0.2) is 18.1 Å². The fraction of sp³-hybridized carbons (Fsp3) is 0.167. The molecule has 0 fully saturated rings. The van der Waals surface area contributed by atoms with Gasteiger partial charge in [-0.05, 0) is 29.7 Å². The molecule has 1 atom stereocenters. The van der Waals surface area contributed by atoms with Crippen LogP contribution in [-0.4, -0.2) is 37.1 Å². The average Bonchev–Trinajstić information content (AvgIpc) is 3.22. The Morgan fingerprint density at radius 3 is 2.74 bits per heavy atom. The Balaban J connectivity index is 1.38. The van der Waals surface area contributed by atoms with Crippen molar-refractivity contribution in [2.45, 2.75) is 6.10 Å². The minimum atomic E-state index is -0.906. The van der Waals surface area contributed by atoms with Crippen molar-refractivity contribution >= 4 is 35.2 Å². The summed E-state index contributed by atoms with van der Waals surface area (Å²) in [5, 5.41) is 1.88. The van der Waals surface area contributed by atoms with Crippen LogP contribution in [0.5, 0.6) is 11.5 Å². The highest BCUT2D eigenvalue weighted by Gasteiger charge is 2.27. The lowest BCUT2D eigenvalue weighted by atomic mass is 10.2. The third-order valence-corrected chi connectivity index (χ3v) is 4.24. The van der Waals surface area contributed by atoms with Crippen LogP contribution in [0.4, 0.5) is 0 Å². The number of carbonyl (C=O) groups excluding carboxylic acids is 3. The first kappa shape index (κ1) is 18.5. The molecule has 0 saturated heterocycles. The van der Waals surface area contributed by atoms with Crippen molar-refractivity contribution in [3.63, 3.8) is 0 Å². The Morgan fingerprint density at radius 2 is 1.96 bits per heavy atom. The first-order valence-corrected chi connectivity index (χ1v) is 8.85. The first-order valence-electron chi connectivity index (χ1n) is 7.97. The van der Waals surface area contributed by atoms with E-state index >= 15 is 0 Å². The van der Waals surface area contributed by atoms with E-state index in [0.29, 0.717) is 11.5 Å². The third kappa shape index (κ3) is 5.32. The smallest absolute Gasteiger partial charge is 0.331 e. The van der Waals surface area contributed by atoms with Gasteiger partial charge in [0.25, 0.3) is 11.8 Å². The van der Waals surface area contributed by atoms with Gasteiger partial charge < -0.3 is 14.2 Å². The van der Waals surface area contributed by atoms with Crippen LogP contribution in [0, 0.1) is 0 Å². The second kappa shape index (κ2) is 8.86. The average molecular weight is 388 g/mol. The minimum absolute atomic E-state index is 0.0151. The number of para-hydroxylation sites is 2. The molecule has 0 saturated carbocycles.